The zero-order chi connectivity index (χ0) is 19.4. The number of carbonyl (C=O) groups excluding carboxylic acids is 1. The third-order valence-corrected chi connectivity index (χ3v) is 4.47. The highest BCUT2D eigenvalue weighted by atomic mass is 16.5. The van der Waals surface area contributed by atoms with Crippen molar-refractivity contribution in [3.63, 3.8) is 0 Å². The number of likely N-dealkylation sites (N-methyl/N-ethyl adjacent to an activating group) is 1. The molecule has 140 valence electrons. The molecule has 0 radical (unpaired) electrons. The van der Waals surface area contributed by atoms with Gasteiger partial charge >= 0.3 is 0 Å². The quantitative estimate of drug-likeness (QED) is 0.666. The summed E-state index contributed by atoms with van der Waals surface area (Å²) in [5, 5.41) is 8.09. The number of aromatic nitrogens is 2. The molecular weight excluding hydrogens is 342 g/mol. The van der Waals surface area contributed by atoms with Crippen molar-refractivity contribution in [2.45, 2.75) is 27.3 Å². The fourth-order valence-electron chi connectivity index (χ4n) is 2.55. The van der Waals surface area contributed by atoms with E-state index in [1.54, 1.807) is 7.05 Å². The van der Waals surface area contributed by atoms with Gasteiger partial charge in [-0.15, -0.1) is 10.2 Å². The van der Waals surface area contributed by atoms with Crippen LogP contribution in [0.25, 0.3) is 11.5 Å². The second-order valence-electron chi connectivity index (χ2n) is 6.60. The summed E-state index contributed by atoms with van der Waals surface area (Å²) in [5.41, 5.74) is 4.18. The average Bonchev–Trinajstić information content (AvgIpc) is 3.11. The number of hydrogen-bond donors (Lipinski definition) is 0. The van der Waals surface area contributed by atoms with E-state index in [1.807, 2.05) is 63.2 Å². The number of benzene rings is 2. The first-order valence-corrected chi connectivity index (χ1v) is 8.76. The minimum atomic E-state index is -0.161. The van der Waals surface area contributed by atoms with Crippen LogP contribution in [0.4, 0.5) is 0 Å². The molecule has 0 spiro atoms. The Bertz CT molecular complexity index is 932. The number of carbonyl (C=O) groups is 1. The second-order valence-corrected chi connectivity index (χ2v) is 6.60. The monoisotopic (exact) mass is 365 g/mol. The molecule has 2 aromatic carbocycles. The van der Waals surface area contributed by atoms with Crippen LogP contribution >= 0.6 is 0 Å². The summed E-state index contributed by atoms with van der Waals surface area (Å²) in [4.78, 5) is 13.9. The molecular formula is C21H23N3O3. The summed E-state index contributed by atoms with van der Waals surface area (Å²) in [7, 11) is 1.69. The third-order valence-electron chi connectivity index (χ3n) is 4.47. The Morgan fingerprint density at radius 1 is 1.07 bits per heavy atom. The number of amides is 1. The van der Waals surface area contributed by atoms with Gasteiger partial charge in [0.15, 0.2) is 6.61 Å². The number of hydrogen-bond acceptors (Lipinski definition) is 5. The maximum Gasteiger partial charge on any atom is 0.260 e. The molecule has 0 N–H and O–H groups in total. The molecule has 6 heteroatoms. The van der Waals surface area contributed by atoms with Crippen LogP contribution in [-0.2, 0) is 11.3 Å². The first kappa shape index (κ1) is 18.6. The third kappa shape index (κ3) is 4.53. The molecule has 1 heterocycles. The Balaban J connectivity index is 1.58. The standard InChI is InChI=1S/C21H23N3O3/c1-14-8-10-17(11-9-14)21-23-22-19(27-21)12-24(4)20(25)13-26-18-7-5-6-15(2)16(18)3/h5-11H,12-13H2,1-4H3. The Hall–Kier alpha value is -3.15. The lowest BCUT2D eigenvalue weighted by atomic mass is 10.1. The smallest absolute Gasteiger partial charge is 0.260 e. The van der Waals surface area contributed by atoms with Gasteiger partial charge in [0, 0.05) is 12.6 Å². The Labute approximate surface area is 158 Å². The van der Waals surface area contributed by atoms with Crippen LogP contribution in [-0.4, -0.2) is 34.7 Å². The zero-order valence-electron chi connectivity index (χ0n) is 16.0. The molecule has 3 aromatic rings. The molecule has 0 saturated carbocycles. The van der Waals surface area contributed by atoms with E-state index in [0.29, 0.717) is 11.8 Å². The maximum atomic E-state index is 12.3. The molecule has 0 aliphatic carbocycles. The van der Waals surface area contributed by atoms with E-state index in [9.17, 15) is 4.79 Å². The van der Waals surface area contributed by atoms with Gasteiger partial charge in [0.25, 0.3) is 5.91 Å². The van der Waals surface area contributed by atoms with Crippen molar-refractivity contribution in [1.29, 1.82) is 0 Å². The maximum absolute atomic E-state index is 12.3. The highest BCUT2D eigenvalue weighted by Crippen LogP contribution is 2.21. The molecule has 3 rings (SSSR count). The fourth-order valence-corrected chi connectivity index (χ4v) is 2.55. The van der Waals surface area contributed by atoms with Gasteiger partial charge < -0.3 is 14.1 Å². The van der Waals surface area contributed by atoms with E-state index < -0.39 is 0 Å². The van der Waals surface area contributed by atoms with Crippen LogP contribution in [0.15, 0.2) is 46.9 Å². The van der Waals surface area contributed by atoms with Crippen molar-refractivity contribution in [3.05, 3.63) is 65.0 Å². The molecule has 1 amide bonds. The summed E-state index contributed by atoms with van der Waals surface area (Å²) in [6.45, 7) is 6.19. The highest BCUT2D eigenvalue weighted by molar-refractivity contribution is 5.77. The number of nitrogens with zero attached hydrogens (tertiary/aromatic N) is 3. The van der Waals surface area contributed by atoms with Crippen LogP contribution in [0.1, 0.15) is 22.6 Å². The number of aryl methyl sites for hydroxylation is 2. The SMILES string of the molecule is Cc1ccc(-c2nnc(CN(C)C(=O)COc3cccc(C)c3C)o2)cc1. The van der Waals surface area contributed by atoms with Gasteiger partial charge in [-0.1, -0.05) is 29.8 Å². The molecule has 1 aromatic heterocycles. The van der Waals surface area contributed by atoms with Crippen LogP contribution in [0.5, 0.6) is 5.75 Å². The van der Waals surface area contributed by atoms with Crippen molar-refractivity contribution >= 4 is 5.91 Å². The molecule has 0 aliphatic heterocycles. The van der Waals surface area contributed by atoms with Crippen molar-refractivity contribution in [1.82, 2.24) is 15.1 Å². The van der Waals surface area contributed by atoms with Crippen LogP contribution in [0.2, 0.25) is 0 Å². The van der Waals surface area contributed by atoms with Gasteiger partial charge in [-0.3, -0.25) is 4.79 Å². The lowest BCUT2D eigenvalue weighted by molar-refractivity contribution is -0.132. The van der Waals surface area contributed by atoms with Gasteiger partial charge in [-0.05, 0) is 50.1 Å². The van der Waals surface area contributed by atoms with E-state index in [1.165, 1.54) is 4.90 Å². The van der Waals surface area contributed by atoms with E-state index in [2.05, 4.69) is 10.2 Å². The highest BCUT2D eigenvalue weighted by Gasteiger charge is 2.15. The Morgan fingerprint density at radius 2 is 1.81 bits per heavy atom. The van der Waals surface area contributed by atoms with E-state index in [4.69, 9.17) is 9.15 Å². The summed E-state index contributed by atoms with van der Waals surface area (Å²) in [5.74, 6) is 1.38. The molecule has 6 nitrogen and oxygen atoms in total. The largest absolute Gasteiger partial charge is 0.483 e. The minimum absolute atomic E-state index is 0.0419. The van der Waals surface area contributed by atoms with E-state index in [0.717, 1.165) is 28.0 Å². The Morgan fingerprint density at radius 3 is 2.56 bits per heavy atom. The fraction of sp³-hybridized carbons (Fsp3) is 0.286. The molecule has 0 aliphatic rings. The van der Waals surface area contributed by atoms with Gasteiger partial charge in [-0.2, -0.15) is 0 Å². The average molecular weight is 365 g/mol. The van der Waals surface area contributed by atoms with Crippen molar-refractivity contribution in [3.8, 4) is 17.2 Å². The van der Waals surface area contributed by atoms with Gasteiger partial charge in [0.05, 0.1) is 6.54 Å². The lowest BCUT2D eigenvalue weighted by Gasteiger charge is -2.16. The van der Waals surface area contributed by atoms with Crippen molar-refractivity contribution < 1.29 is 13.9 Å². The predicted molar refractivity (Wildman–Crippen MR) is 102 cm³/mol. The predicted octanol–water partition coefficient (Wildman–Crippen LogP) is 3.70. The van der Waals surface area contributed by atoms with Gasteiger partial charge in [0.1, 0.15) is 5.75 Å². The summed E-state index contributed by atoms with van der Waals surface area (Å²) >= 11 is 0. The molecule has 0 bridgehead atoms. The van der Waals surface area contributed by atoms with E-state index >= 15 is 0 Å². The van der Waals surface area contributed by atoms with Gasteiger partial charge in [-0.25, -0.2) is 0 Å². The number of rotatable bonds is 6. The lowest BCUT2D eigenvalue weighted by Crippen LogP contribution is -2.31. The topological polar surface area (TPSA) is 68.5 Å². The van der Waals surface area contributed by atoms with Crippen LogP contribution < -0.4 is 4.74 Å². The minimum Gasteiger partial charge on any atom is -0.483 e. The molecule has 27 heavy (non-hydrogen) atoms. The van der Waals surface area contributed by atoms with Crippen LogP contribution in [0.3, 0.4) is 0 Å². The summed E-state index contributed by atoms with van der Waals surface area (Å²) in [6, 6.07) is 13.6. The summed E-state index contributed by atoms with van der Waals surface area (Å²) < 4.78 is 11.3. The summed E-state index contributed by atoms with van der Waals surface area (Å²) in [6.07, 6.45) is 0. The number of ether oxygens (including phenoxy) is 1. The molecule has 0 saturated heterocycles. The molecule has 0 atom stereocenters. The first-order chi connectivity index (χ1) is 12.9. The zero-order valence-corrected chi connectivity index (χ0v) is 16.0. The van der Waals surface area contributed by atoms with Crippen molar-refractivity contribution in [2.24, 2.45) is 0 Å². The second kappa shape index (κ2) is 8.03. The Kier molecular flexibility index (Phi) is 5.54. The van der Waals surface area contributed by atoms with Crippen molar-refractivity contribution in [2.75, 3.05) is 13.7 Å². The normalized spacial score (nSPS) is 10.7. The van der Waals surface area contributed by atoms with E-state index in [-0.39, 0.29) is 19.1 Å². The van der Waals surface area contributed by atoms with Crippen LogP contribution in [0, 0.1) is 20.8 Å². The first-order valence-electron chi connectivity index (χ1n) is 8.76. The molecule has 0 unspecified atom stereocenters. The molecule has 0 fully saturated rings. The van der Waals surface area contributed by atoms with Gasteiger partial charge in [0.2, 0.25) is 11.8 Å².